The average Bonchev–Trinajstić information content (AvgIpc) is 2.32. The highest BCUT2D eigenvalue weighted by Gasteiger charge is 2.03. The summed E-state index contributed by atoms with van der Waals surface area (Å²) in [6.07, 6.45) is 0. The van der Waals surface area contributed by atoms with Crippen LogP contribution in [-0.2, 0) is 0 Å². The normalized spacial score (nSPS) is 9.89. The molecular formula is C14H12BrN3. The zero-order chi connectivity index (χ0) is 13.1. The van der Waals surface area contributed by atoms with Gasteiger partial charge in [0, 0.05) is 15.9 Å². The molecule has 0 saturated carbocycles. The highest BCUT2D eigenvalue weighted by Crippen LogP contribution is 2.23. The predicted octanol–water partition coefficient (Wildman–Crippen LogP) is 4.08. The summed E-state index contributed by atoms with van der Waals surface area (Å²) in [5.41, 5.74) is 3.54. The van der Waals surface area contributed by atoms with Crippen molar-refractivity contribution in [3.05, 3.63) is 51.6 Å². The van der Waals surface area contributed by atoms with E-state index in [2.05, 4.69) is 32.3 Å². The Labute approximate surface area is 115 Å². The molecule has 0 amide bonds. The number of hydrogen-bond acceptors (Lipinski definition) is 3. The minimum atomic E-state index is 0.611. The molecule has 1 aromatic carbocycles. The van der Waals surface area contributed by atoms with Gasteiger partial charge in [-0.3, -0.25) is 0 Å². The van der Waals surface area contributed by atoms with Crippen molar-refractivity contribution in [1.82, 2.24) is 4.98 Å². The van der Waals surface area contributed by atoms with Crippen LogP contribution in [0.4, 0.5) is 11.5 Å². The first kappa shape index (κ1) is 12.6. The molecule has 0 aliphatic heterocycles. The molecule has 2 aromatic rings. The number of nitrogens with zero attached hydrogens (tertiary/aromatic N) is 2. The smallest absolute Gasteiger partial charge is 0.131 e. The number of aromatic nitrogens is 1. The van der Waals surface area contributed by atoms with Crippen molar-refractivity contribution in [2.45, 2.75) is 13.8 Å². The van der Waals surface area contributed by atoms with Crippen molar-refractivity contribution in [2.24, 2.45) is 0 Å². The van der Waals surface area contributed by atoms with Crippen LogP contribution in [0.3, 0.4) is 0 Å². The molecular weight excluding hydrogens is 290 g/mol. The van der Waals surface area contributed by atoms with Gasteiger partial charge in [-0.1, -0.05) is 15.9 Å². The molecule has 0 fully saturated rings. The number of halogens is 1. The molecule has 90 valence electrons. The van der Waals surface area contributed by atoms with Gasteiger partial charge in [0.05, 0.1) is 11.6 Å². The molecule has 4 heteroatoms. The molecule has 0 spiro atoms. The van der Waals surface area contributed by atoms with Crippen LogP contribution in [0, 0.1) is 25.2 Å². The molecule has 0 saturated heterocycles. The monoisotopic (exact) mass is 301 g/mol. The van der Waals surface area contributed by atoms with Gasteiger partial charge in [0.2, 0.25) is 0 Å². The lowest BCUT2D eigenvalue weighted by Gasteiger charge is -2.10. The van der Waals surface area contributed by atoms with Crippen molar-refractivity contribution < 1.29 is 0 Å². The third-order valence-corrected chi connectivity index (χ3v) is 3.03. The van der Waals surface area contributed by atoms with E-state index in [-0.39, 0.29) is 0 Å². The SMILES string of the molecule is Cc1cc(C#N)cc(Nc2ccc(Br)cc2C)n1. The Balaban J connectivity index is 2.34. The number of nitrogens with one attached hydrogen (secondary N) is 1. The minimum absolute atomic E-state index is 0.611. The van der Waals surface area contributed by atoms with Crippen LogP contribution in [-0.4, -0.2) is 4.98 Å². The van der Waals surface area contributed by atoms with Crippen LogP contribution >= 0.6 is 15.9 Å². The van der Waals surface area contributed by atoms with Crippen molar-refractivity contribution >= 4 is 27.4 Å². The Morgan fingerprint density at radius 1 is 1.22 bits per heavy atom. The number of hydrogen-bond donors (Lipinski definition) is 1. The van der Waals surface area contributed by atoms with E-state index in [0.29, 0.717) is 11.4 Å². The van der Waals surface area contributed by atoms with E-state index < -0.39 is 0 Å². The summed E-state index contributed by atoms with van der Waals surface area (Å²) in [5, 5.41) is 12.2. The van der Waals surface area contributed by atoms with Crippen molar-refractivity contribution in [3.63, 3.8) is 0 Å². The van der Waals surface area contributed by atoms with Gasteiger partial charge in [-0.25, -0.2) is 4.98 Å². The quantitative estimate of drug-likeness (QED) is 0.909. The van der Waals surface area contributed by atoms with E-state index in [9.17, 15) is 0 Å². The van der Waals surface area contributed by atoms with Gasteiger partial charge in [-0.15, -0.1) is 0 Å². The minimum Gasteiger partial charge on any atom is -0.340 e. The highest BCUT2D eigenvalue weighted by molar-refractivity contribution is 9.10. The third kappa shape index (κ3) is 2.88. The van der Waals surface area contributed by atoms with Crippen LogP contribution in [0.1, 0.15) is 16.8 Å². The molecule has 1 N–H and O–H groups in total. The second-order valence-electron chi connectivity index (χ2n) is 4.08. The molecule has 0 radical (unpaired) electrons. The highest BCUT2D eigenvalue weighted by atomic mass is 79.9. The van der Waals surface area contributed by atoms with Gasteiger partial charge in [0.25, 0.3) is 0 Å². The van der Waals surface area contributed by atoms with Crippen LogP contribution in [0.25, 0.3) is 0 Å². The largest absolute Gasteiger partial charge is 0.340 e. The number of nitriles is 1. The van der Waals surface area contributed by atoms with Gasteiger partial charge < -0.3 is 5.32 Å². The lowest BCUT2D eigenvalue weighted by Crippen LogP contribution is -1.97. The molecule has 18 heavy (non-hydrogen) atoms. The fourth-order valence-corrected chi connectivity index (χ4v) is 2.18. The van der Waals surface area contributed by atoms with E-state index in [1.165, 1.54) is 0 Å². The number of aryl methyl sites for hydroxylation is 2. The predicted molar refractivity (Wildman–Crippen MR) is 75.9 cm³/mol. The maximum atomic E-state index is 8.93. The summed E-state index contributed by atoms with van der Waals surface area (Å²) in [6, 6.07) is 11.6. The molecule has 0 aliphatic carbocycles. The Kier molecular flexibility index (Phi) is 3.63. The number of benzene rings is 1. The van der Waals surface area contributed by atoms with Gasteiger partial charge >= 0.3 is 0 Å². The second kappa shape index (κ2) is 5.19. The van der Waals surface area contributed by atoms with E-state index in [1.807, 2.05) is 32.0 Å². The zero-order valence-corrected chi connectivity index (χ0v) is 11.7. The molecule has 1 heterocycles. The first-order valence-electron chi connectivity index (χ1n) is 5.50. The first-order chi connectivity index (χ1) is 8.58. The molecule has 0 aliphatic rings. The summed E-state index contributed by atoms with van der Waals surface area (Å²) in [4.78, 5) is 4.37. The topological polar surface area (TPSA) is 48.7 Å². The van der Waals surface area contributed by atoms with Crippen molar-refractivity contribution in [3.8, 4) is 6.07 Å². The lowest BCUT2D eigenvalue weighted by atomic mass is 10.2. The van der Waals surface area contributed by atoms with Gasteiger partial charge in [0.15, 0.2) is 0 Å². The molecule has 1 aromatic heterocycles. The summed E-state index contributed by atoms with van der Waals surface area (Å²) in [6.45, 7) is 3.90. The first-order valence-corrected chi connectivity index (χ1v) is 6.30. The Hall–Kier alpha value is -1.86. The number of rotatable bonds is 2. The number of anilines is 2. The summed E-state index contributed by atoms with van der Waals surface area (Å²) in [7, 11) is 0. The van der Waals surface area contributed by atoms with Crippen LogP contribution in [0.5, 0.6) is 0 Å². The maximum absolute atomic E-state index is 8.93. The molecule has 0 atom stereocenters. The van der Waals surface area contributed by atoms with Gasteiger partial charge in [-0.05, 0) is 49.7 Å². The average molecular weight is 302 g/mol. The summed E-state index contributed by atoms with van der Waals surface area (Å²) >= 11 is 3.43. The van der Waals surface area contributed by atoms with Gasteiger partial charge in [0.1, 0.15) is 5.82 Å². The molecule has 2 rings (SSSR count). The van der Waals surface area contributed by atoms with E-state index >= 15 is 0 Å². The van der Waals surface area contributed by atoms with Gasteiger partial charge in [-0.2, -0.15) is 5.26 Å². The molecule has 0 unspecified atom stereocenters. The molecule has 3 nitrogen and oxygen atoms in total. The fraction of sp³-hybridized carbons (Fsp3) is 0.143. The standard InChI is InChI=1S/C14H12BrN3/c1-9-5-12(15)3-4-13(9)18-14-7-11(8-16)6-10(2)17-14/h3-7H,1-2H3,(H,17,18). The third-order valence-electron chi connectivity index (χ3n) is 2.53. The molecule has 0 bridgehead atoms. The lowest BCUT2D eigenvalue weighted by molar-refractivity contribution is 1.19. The fourth-order valence-electron chi connectivity index (χ4n) is 1.70. The zero-order valence-electron chi connectivity index (χ0n) is 10.2. The summed E-state index contributed by atoms with van der Waals surface area (Å²) in [5.74, 6) is 0.692. The summed E-state index contributed by atoms with van der Waals surface area (Å²) < 4.78 is 1.04. The Morgan fingerprint density at radius 2 is 2.00 bits per heavy atom. The maximum Gasteiger partial charge on any atom is 0.131 e. The van der Waals surface area contributed by atoms with Crippen molar-refractivity contribution in [1.29, 1.82) is 5.26 Å². The Bertz CT molecular complexity index is 629. The van der Waals surface area contributed by atoms with E-state index in [0.717, 1.165) is 21.4 Å². The number of pyridine rings is 1. The van der Waals surface area contributed by atoms with E-state index in [1.54, 1.807) is 12.1 Å². The van der Waals surface area contributed by atoms with Crippen LogP contribution in [0.15, 0.2) is 34.8 Å². The second-order valence-corrected chi connectivity index (χ2v) is 4.99. The van der Waals surface area contributed by atoms with Crippen molar-refractivity contribution in [2.75, 3.05) is 5.32 Å². The Morgan fingerprint density at radius 3 is 2.67 bits per heavy atom. The van der Waals surface area contributed by atoms with E-state index in [4.69, 9.17) is 5.26 Å². The van der Waals surface area contributed by atoms with Crippen LogP contribution in [0.2, 0.25) is 0 Å². The van der Waals surface area contributed by atoms with Crippen LogP contribution < -0.4 is 5.32 Å².